The van der Waals surface area contributed by atoms with E-state index in [0.29, 0.717) is 30.8 Å². The SMILES string of the molecule is C[C@H](NC(=O)CCc1ccc(S(=O)(=O)N2CCCCC2)cc1)c1ccc(F)cc1. The van der Waals surface area contributed by atoms with Crippen molar-refractivity contribution in [2.45, 2.75) is 50.0 Å². The molecule has 5 nitrogen and oxygen atoms in total. The summed E-state index contributed by atoms with van der Waals surface area (Å²) in [7, 11) is -3.43. The van der Waals surface area contributed by atoms with Crippen LogP contribution in [0.15, 0.2) is 53.4 Å². The molecule has 0 saturated carbocycles. The number of amides is 1. The number of benzene rings is 2. The molecule has 1 N–H and O–H groups in total. The second kappa shape index (κ2) is 9.50. The molecule has 29 heavy (non-hydrogen) atoms. The first-order chi connectivity index (χ1) is 13.9. The van der Waals surface area contributed by atoms with Crippen LogP contribution in [0.3, 0.4) is 0 Å². The van der Waals surface area contributed by atoms with Gasteiger partial charge >= 0.3 is 0 Å². The van der Waals surface area contributed by atoms with Gasteiger partial charge in [-0.2, -0.15) is 4.31 Å². The fourth-order valence-electron chi connectivity index (χ4n) is 3.49. The van der Waals surface area contributed by atoms with Gasteiger partial charge in [0.25, 0.3) is 0 Å². The molecule has 1 fully saturated rings. The molecule has 0 radical (unpaired) electrons. The third kappa shape index (κ3) is 5.64. The van der Waals surface area contributed by atoms with Gasteiger partial charge in [-0.25, -0.2) is 12.8 Å². The molecular formula is C22H27FN2O3S. The highest BCUT2D eigenvalue weighted by molar-refractivity contribution is 7.89. The molecule has 0 bridgehead atoms. The largest absolute Gasteiger partial charge is 0.350 e. The fourth-order valence-corrected chi connectivity index (χ4v) is 5.01. The summed E-state index contributed by atoms with van der Waals surface area (Å²) in [5.41, 5.74) is 1.75. The molecule has 1 aliphatic rings. The number of hydrogen-bond acceptors (Lipinski definition) is 3. The van der Waals surface area contributed by atoms with Gasteiger partial charge in [-0.1, -0.05) is 30.7 Å². The lowest BCUT2D eigenvalue weighted by Gasteiger charge is -2.25. The summed E-state index contributed by atoms with van der Waals surface area (Å²) >= 11 is 0. The third-order valence-corrected chi connectivity index (χ3v) is 7.18. The standard InChI is InChI=1S/C22H27FN2O3S/c1-17(19-8-10-20(23)11-9-19)24-22(26)14-7-18-5-12-21(13-6-18)29(27,28)25-15-3-2-4-16-25/h5-6,8-13,17H,2-4,7,14-16H2,1H3,(H,24,26)/t17-/m0/s1. The topological polar surface area (TPSA) is 66.5 Å². The summed E-state index contributed by atoms with van der Waals surface area (Å²) in [6.45, 7) is 3.01. The maximum absolute atomic E-state index is 13.0. The Morgan fingerprint density at radius 1 is 1.03 bits per heavy atom. The van der Waals surface area contributed by atoms with E-state index in [1.54, 1.807) is 40.7 Å². The highest BCUT2D eigenvalue weighted by atomic mass is 32.2. The van der Waals surface area contributed by atoms with Crippen molar-refractivity contribution in [1.29, 1.82) is 0 Å². The van der Waals surface area contributed by atoms with Gasteiger partial charge < -0.3 is 5.32 Å². The second-order valence-electron chi connectivity index (χ2n) is 7.45. The van der Waals surface area contributed by atoms with Crippen LogP contribution in [0.2, 0.25) is 0 Å². The average molecular weight is 419 g/mol. The minimum absolute atomic E-state index is 0.105. The number of carbonyl (C=O) groups is 1. The zero-order valence-corrected chi connectivity index (χ0v) is 17.4. The maximum Gasteiger partial charge on any atom is 0.243 e. The first kappa shape index (κ1) is 21.5. The van der Waals surface area contributed by atoms with E-state index in [4.69, 9.17) is 0 Å². The van der Waals surface area contributed by atoms with E-state index in [-0.39, 0.29) is 17.8 Å². The van der Waals surface area contributed by atoms with E-state index in [1.165, 1.54) is 12.1 Å². The molecule has 0 aliphatic carbocycles. The molecule has 1 aliphatic heterocycles. The van der Waals surface area contributed by atoms with Crippen molar-refractivity contribution >= 4 is 15.9 Å². The van der Waals surface area contributed by atoms with Gasteiger partial charge in [0.15, 0.2) is 0 Å². The molecule has 0 unspecified atom stereocenters. The van der Waals surface area contributed by atoms with Crippen LogP contribution in [-0.4, -0.2) is 31.7 Å². The molecule has 1 atom stereocenters. The number of rotatable bonds is 7. The lowest BCUT2D eigenvalue weighted by molar-refractivity contribution is -0.121. The Morgan fingerprint density at radius 3 is 2.28 bits per heavy atom. The number of nitrogens with one attached hydrogen (secondary N) is 1. The lowest BCUT2D eigenvalue weighted by atomic mass is 10.1. The Bertz CT molecular complexity index is 922. The zero-order valence-electron chi connectivity index (χ0n) is 16.6. The number of piperidine rings is 1. The van der Waals surface area contributed by atoms with E-state index >= 15 is 0 Å². The van der Waals surface area contributed by atoms with Crippen LogP contribution in [0.5, 0.6) is 0 Å². The van der Waals surface area contributed by atoms with Gasteiger partial charge in [0.2, 0.25) is 15.9 Å². The molecule has 2 aromatic rings. The molecule has 7 heteroatoms. The van der Waals surface area contributed by atoms with E-state index in [1.807, 2.05) is 6.92 Å². The average Bonchev–Trinajstić information content (AvgIpc) is 2.73. The van der Waals surface area contributed by atoms with Gasteiger partial charge in [-0.3, -0.25) is 4.79 Å². The summed E-state index contributed by atoms with van der Waals surface area (Å²) in [6, 6.07) is 12.6. The molecule has 1 heterocycles. The molecule has 156 valence electrons. The number of aryl methyl sites for hydroxylation is 1. The van der Waals surface area contributed by atoms with Crippen LogP contribution in [0.1, 0.15) is 49.8 Å². The van der Waals surface area contributed by atoms with Crippen molar-refractivity contribution < 1.29 is 17.6 Å². The van der Waals surface area contributed by atoms with Crippen LogP contribution < -0.4 is 5.32 Å². The first-order valence-electron chi connectivity index (χ1n) is 10.0. The lowest BCUT2D eigenvalue weighted by Crippen LogP contribution is -2.35. The summed E-state index contributed by atoms with van der Waals surface area (Å²) in [5, 5.41) is 2.90. The van der Waals surface area contributed by atoms with Crippen molar-refractivity contribution in [3.8, 4) is 0 Å². The zero-order chi connectivity index (χ0) is 20.9. The molecule has 0 spiro atoms. The normalized spacial score (nSPS) is 16.3. The van der Waals surface area contributed by atoms with Crippen molar-refractivity contribution in [1.82, 2.24) is 9.62 Å². The van der Waals surface area contributed by atoms with Gasteiger partial charge in [0.1, 0.15) is 5.82 Å². The van der Waals surface area contributed by atoms with E-state index in [0.717, 1.165) is 30.4 Å². The third-order valence-electron chi connectivity index (χ3n) is 5.26. The van der Waals surface area contributed by atoms with Gasteiger partial charge in [0, 0.05) is 19.5 Å². The Morgan fingerprint density at radius 2 is 1.66 bits per heavy atom. The van der Waals surface area contributed by atoms with Crippen molar-refractivity contribution in [2.24, 2.45) is 0 Å². The predicted molar refractivity (Wildman–Crippen MR) is 110 cm³/mol. The monoisotopic (exact) mass is 418 g/mol. The Kier molecular flexibility index (Phi) is 7.03. The first-order valence-corrected chi connectivity index (χ1v) is 11.4. The second-order valence-corrected chi connectivity index (χ2v) is 9.39. The highest BCUT2D eigenvalue weighted by Gasteiger charge is 2.25. The predicted octanol–water partition coefficient (Wildman–Crippen LogP) is 3.81. The summed E-state index contributed by atoms with van der Waals surface area (Å²) in [6.07, 6.45) is 3.70. The van der Waals surface area contributed by atoms with Gasteiger partial charge in [0.05, 0.1) is 10.9 Å². The Labute approximate surface area is 172 Å². The minimum atomic E-state index is -3.43. The molecular weight excluding hydrogens is 391 g/mol. The Balaban J connectivity index is 1.53. The van der Waals surface area contributed by atoms with Crippen LogP contribution in [0.4, 0.5) is 4.39 Å². The molecule has 3 rings (SSSR count). The molecule has 1 saturated heterocycles. The quantitative estimate of drug-likeness (QED) is 0.744. The molecule has 2 aromatic carbocycles. The summed E-state index contributed by atoms with van der Waals surface area (Å²) in [4.78, 5) is 12.5. The number of sulfonamides is 1. The van der Waals surface area contributed by atoms with Crippen molar-refractivity contribution in [2.75, 3.05) is 13.1 Å². The fraction of sp³-hybridized carbons (Fsp3) is 0.409. The maximum atomic E-state index is 13.0. The smallest absolute Gasteiger partial charge is 0.243 e. The van der Waals surface area contributed by atoms with Crippen LogP contribution in [0, 0.1) is 5.82 Å². The van der Waals surface area contributed by atoms with Crippen LogP contribution >= 0.6 is 0 Å². The number of halogens is 1. The summed E-state index contributed by atoms with van der Waals surface area (Å²) < 4.78 is 39.9. The van der Waals surface area contributed by atoms with Gasteiger partial charge in [-0.05, 0) is 61.6 Å². The van der Waals surface area contributed by atoms with Gasteiger partial charge in [-0.15, -0.1) is 0 Å². The van der Waals surface area contributed by atoms with Crippen molar-refractivity contribution in [3.63, 3.8) is 0 Å². The van der Waals surface area contributed by atoms with E-state index in [9.17, 15) is 17.6 Å². The molecule has 0 aromatic heterocycles. The van der Waals surface area contributed by atoms with Crippen molar-refractivity contribution in [3.05, 3.63) is 65.5 Å². The number of hydrogen-bond donors (Lipinski definition) is 1. The number of carbonyl (C=O) groups excluding carboxylic acids is 1. The molecule has 1 amide bonds. The minimum Gasteiger partial charge on any atom is -0.350 e. The van der Waals surface area contributed by atoms with E-state index in [2.05, 4.69) is 5.32 Å². The van der Waals surface area contributed by atoms with Crippen LogP contribution in [0.25, 0.3) is 0 Å². The Hall–Kier alpha value is -2.25. The van der Waals surface area contributed by atoms with Crippen LogP contribution in [-0.2, 0) is 21.2 Å². The van der Waals surface area contributed by atoms with E-state index < -0.39 is 10.0 Å². The highest BCUT2D eigenvalue weighted by Crippen LogP contribution is 2.21. The summed E-state index contributed by atoms with van der Waals surface area (Å²) in [5.74, 6) is -0.412. The number of nitrogens with zero attached hydrogens (tertiary/aromatic N) is 1.